The lowest BCUT2D eigenvalue weighted by Gasteiger charge is -2.19. The Kier molecular flexibility index (Phi) is 11.0. The van der Waals surface area contributed by atoms with Gasteiger partial charge in [0.05, 0.1) is 0 Å². The van der Waals surface area contributed by atoms with Crippen molar-refractivity contribution in [3.63, 3.8) is 0 Å². The maximum atomic E-state index is 2.44. The topological polar surface area (TPSA) is 0 Å². The Bertz CT molecular complexity index is 6210. The van der Waals surface area contributed by atoms with Crippen molar-refractivity contribution in [2.75, 3.05) is 0 Å². The molecule has 422 valence electrons. The first-order valence-electron chi connectivity index (χ1n) is 32.1. The van der Waals surface area contributed by atoms with E-state index in [9.17, 15) is 0 Å². The molecule has 0 saturated carbocycles. The van der Waals surface area contributed by atoms with Crippen LogP contribution < -0.4 is 0 Å². The fourth-order valence-corrected chi connectivity index (χ4v) is 16.6. The summed E-state index contributed by atoms with van der Waals surface area (Å²) in [6, 6.07) is 124. The molecule has 0 radical (unpaired) electrons. The van der Waals surface area contributed by atoms with Crippen molar-refractivity contribution < 1.29 is 0 Å². The van der Waals surface area contributed by atoms with E-state index in [0.717, 1.165) is 0 Å². The largest absolute Gasteiger partial charge is 0.0616 e. The summed E-state index contributed by atoms with van der Waals surface area (Å²) in [5.74, 6) is 0. The van der Waals surface area contributed by atoms with Crippen molar-refractivity contribution >= 4 is 151 Å². The standard InChI is InChI=1S/C92H54/c1-7-27-61-55(19-1)25-13-39-77(61)89-63-29-9-3-21-57(63)53-87-71-37-17-41-79(75(71)45-49-81(87)89)91-65-31-11-5-23-59(65)51-85-69-35-15-33-67(73(69)43-47-83(85)91)68-34-16-36-70-74(68)44-48-84-86(70)52-60-24-6-12-32-66(60)92(84)80-42-18-38-72-76(80)46-50-82-88(72)54-58-22-4-10-30-64(58)90(82)78-40-14-26-56-20-2-8-28-62(56)78/h1-54H. The van der Waals surface area contributed by atoms with Crippen molar-refractivity contribution in [3.05, 3.63) is 328 Å². The molecule has 0 aromatic heterocycles. The van der Waals surface area contributed by atoms with Crippen LogP contribution in [0.25, 0.3) is 206 Å². The van der Waals surface area contributed by atoms with E-state index in [0.29, 0.717) is 0 Å². The molecule has 0 spiro atoms. The van der Waals surface area contributed by atoms with Crippen molar-refractivity contribution in [3.8, 4) is 55.6 Å². The summed E-state index contributed by atoms with van der Waals surface area (Å²) < 4.78 is 0. The quantitative estimate of drug-likeness (QED) is 0.119. The predicted octanol–water partition coefficient (Wildman–Crippen LogP) is 26.2. The van der Waals surface area contributed by atoms with Crippen molar-refractivity contribution in [2.45, 2.75) is 0 Å². The van der Waals surface area contributed by atoms with E-state index in [1.54, 1.807) is 0 Å². The first-order valence-corrected chi connectivity index (χ1v) is 32.1. The Labute approximate surface area is 530 Å². The number of fused-ring (bicyclic) bond motifs is 18. The third-order valence-electron chi connectivity index (χ3n) is 20.6. The van der Waals surface area contributed by atoms with Crippen molar-refractivity contribution in [2.24, 2.45) is 0 Å². The van der Waals surface area contributed by atoms with Crippen LogP contribution in [0.15, 0.2) is 328 Å². The molecule has 20 aromatic rings. The van der Waals surface area contributed by atoms with Gasteiger partial charge in [0.2, 0.25) is 0 Å². The fraction of sp³-hybridized carbons (Fsp3) is 0. The van der Waals surface area contributed by atoms with Gasteiger partial charge in [-0.05, 0) is 231 Å². The van der Waals surface area contributed by atoms with Crippen LogP contribution in [0.4, 0.5) is 0 Å². The Balaban J connectivity index is 0.768. The van der Waals surface area contributed by atoms with Gasteiger partial charge < -0.3 is 0 Å². The first-order chi connectivity index (χ1) is 45.7. The molecule has 20 rings (SSSR count). The Hall–Kier alpha value is -12.0. The lowest BCUT2D eigenvalue weighted by atomic mass is 9.84. The van der Waals surface area contributed by atoms with Crippen LogP contribution in [-0.2, 0) is 0 Å². The molecule has 0 fully saturated rings. The molecule has 0 heteroatoms. The van der Waals surface area contributed by atoms with Crippen LogP contribution in [0, 0.1) is 0 Å². The minimum atomic E-state index is 1.23. The highest BCUT2D eigenvalue weighted by molar-refractivity contribution is 6.31. The van der Waals surface area contributed by atoms with E-state index in [2.05, 4.69) is 328 Å². The zero-order valence-electron chi connectivity index (χ0n) is 50.2. The maximum absolute atomic E-state index is 2.44. The van der Waals surface area contributed by atoms with Gasteiger partial charge in [-0.25, -0.2) is 0 Å². The van der Waals surface area contributed by atoms with Crippen LogP contribution >= 0.6 is 0 Å². The second kappa shape index (κ2) is 19.8. The molecular weight excluding hydrogens is 1110 g/mol. The third-order valence-corrected chi connectivity index (χ3v) is 20.6. The average molecular weight is 1160 g/mol. The Morgan fingerprint density at radius 2 is 0.293 bits per heavy atom. The summed E-state index contributed by atoms with van der Waals surface area (Å²) in [6.45, 7) is 0. The Morgan fingerprint density at radius 1 is 0.0978 bits per heavy atom. The van der Waals surface area contributed by atoms with E-state index in [1.165, 1.54) is 206 Å². The van der Waals surface area contributed by atoms with E-state index in [4.69, 9.17) is 0 Å². The summed E-state index contributed by atoms with van der Waals surface area (Å²) in [4.78, 5) is 0. The molecule has 92 heavy (non-hydrogen) atoms. The molecule has 0 aliphatic carbocycles. The summed E-state index contributed by atoms with van der Waals surface area (Å²) in [6.07, 6.45) is 0. The SMILES string of the molecule is c1ccc2c(-c3c4ccccc4cc4c3ccc3c(-c5c6ccccc6cc6c5ccc5c(-c7cccc8c7ccc7c(-c9cccc%10c9ccc9c(-c%11cccc%12ccccc%11%12)c%11ccccc%11cc9%10)c9ccccc9cc78)cccc56)cccc34)cccc2c1. The van der Waals surface area contributed by atoms with Crippen molar-refractivity contribution in [1.82, 2.24) is 0 Å². The second-order valence-electron chi connectivity index (χ2n) is 25.2. The molecule has 0 atom stereocenters. The molecule has 0 heterocycles. The predicted molar refractivity (Wildman–Crippen MR) is 399 cm³/mol. The van der Waals surface area contributed by atoms with Gasteiger partial charge in [-0.1, -0.05) is 303 Å². The summed E-state index contributed by atoms with van der Waals surface area (Å²) in [5.41, 5.74) is 12.6. The highest BCUT2D eigenvalue weighted by Gasteiger charge is 2.23. The fourth-order valence-electron chi connectivity index (χ4n) is 16.6. The Morgan fingerprint density at radius 3 is 0.598 bits per heavy atom. The minimum Gasteiger partial charge on any atom is -0.0616 e. The summed E-state index contributed by atoms with van der Waals surface area (Å²) >= 11 is 0. The normalized spacial score (nSPS) is 12.1. The van der Waals surface area contributed by atoms with Gasteiger partial charge in [-0.3, -0.25) is 0 Å². The molecule has 0 amide bonds. The van der Waals surface area contributed by atoms with Gasteiger partial charge in [0.15, 0.2) is 0 Å². The van der Waals surface area contributed by atoms with Crippen LogP contribution in [0.2, 0.25) is 0 Å². The van der Waals surface area contributed by atoms with Gasteiger partial charge in [0.1, 0.15) is 0 Å². The molecule has 0 bridgehead atoms. The molecule has 0 unspecified atom stereocenters. The second-order valence-corrected chi connectivity index (χ2v) is 25.2. The summed E-state index contributed by atoms with van der Waals surface area (Å²) in [7, 11) is 0. The van der Waals surface area contributed by atoms with E-state index in [-0.39, 0.29) is 0 Å². The van der Waals surface area contributed by atoms with Gasteiger partial charge in [-0.15, -0.1) is 0 Å². The van der Waals surface area contributed by atoms with Gasteiger partial charge >= 0.3 is 0 Å². The van der Waals surface area contributed by atoms with E-state index < -0.39 is 0 Å². The molecule has 0 aliphatic heterocycles. The van der Waals surface area contributed by atoms with Crippen LogP contribution in [0.3, 0.4) is 0 Å². The number of hydrogen-bond acceptors (Lipinski definition) is 0. The van der Waals surface area contributed by atoms with E-state index >= 15 is 0 Å². The first kappa shape index (κ1) is 51.0. The molecule has 20 aromatic carbocycles. The lowest BCUT2D eigenvalue weighted by Crippen LogP contribution is -1.92. The van der Waals surface area contributed by atoms with Crippen LogP contribution in [0.1, 0.15) is 0 Å². The maximum Gasteiger partial charge on any atom is -0.00204 e. The summed E-state index contributed by atoms with van der Waals surface area (Å²) in [5, 5.41) is 35.1. The zero-order chi connectivity index (χ0) is 60.1. The van der Waals surface area contributed by atoms with Gasteiger partial charge in [0, 0.05) is 0 Å². The van der Waals surface area contributed by atoms with Crippen molar-refractivity contribution in [1.29, 1.82) is 0 Å². The molecule has 0 nitrogen and oxygen atoms in total. The lowest BCUT2D eigenvalue weighted by molar-refractivity contribution is 1.69. The zero-order valence-corrected chi connectivity index (χ0v) is 50.2. The highest BCUT2D eigenvalue weighted by Crippen LogP contribution is 2.50. The minimum absolute atomic E-state index is 1.23. The molecular formula is C92H54. The van der Waals surface area contributed by atoms with Crippen LogP contribution in [-0.4, -0.2) is 0 Å². The smallest absolute Gasteiger partial charge is 0.00204 e. The van der Waals surface area contributed by atoms with Gasteiger partial charge in [0.25, 0.3) is 0 Å². The number of rotatable bonds is 5. The highest BCUT2D eigenvalue weighted by atomic mass is 14.3. The van der Waals surface area contributed by atoms with Crippen LogP contribution in [0.5, 0.6) is 0 Å². The number of hydrogen-bond donors (Lipinski definition) is 0. The monoisotopic (exact) mass is 1160 g/mol. The molecule has 0 aliphatic rings. The number of benzene rings is 20. The molecule has 0 N–H and O–H groups in total. The van der Waals surface area contributed by atoms with E-state index in [1.807, 2.05) is 0 Å². The third kappa shape index (κ3) is 7.41. The molecule has 0 saturated heterocycles. The average Bonchev–Trinajstić information content (AvgIpc) is 0.737. The van der Waals surface area contributed by atoms with Gasteiger partial charge in [-0.2, -0.15) is 0 Å².